The molecule has 0 N–H and O–H groups in total. The maximum atomic E-state index is 2.42. The molecule has 0 aliphatic heterocycles. The van der Waals surface area contributed by atoms with E-state index >= 15 is 0 Å². The zero-order chi connectivity index (χ0) is 12.1. The summed E-state index contributed by atoms with van der Waals surface area (Å²) >= 11 is 0. The van der Waals surface area contributed by atoms with Gasteiger partial charge in [0.1, 0.15) is 0 Å². The molecule has 0 unspecified atom stereocenters. The number of hydrogen-bond acceptors (Lipinski definition) is 0. The van der Waals surface area contributed by atoms with Gasteiger partial charge in [-0.05, 0) is 29.6 Å². The van der Waals surface area contributed by atoms with Gasteiger partial charge in [-0.2, -0.15) is 0 Å². The molecule has 0 heterocycles. The van der Waals surface area contributed by atoms with E-state index in [-0.39, 0.29) is 0 Å². The second-order valence-electron chi connectivity index (χ2n) is 7.54. The SMILES string of the molecule is CC(C)CCCCC(C)(C)CC(C)(C)C. The highest BCUT2D eigenvalue weighted by Gasteiger charge is 2.24. The molecule has 0 atom stereocenters. The lowest BCUT2D eigenvalue weighted by Gasteiger charge is -2.32. The Kier molecular flexibility index (Phi) is 5.92. The highest BCUT2D eigenvalue weighted by molar-refractivity contribution is 4.76. The fraction of sp³-hybridized carbons (Fsp3) is 1.00. The molecule has 0 fully saturated rings. The Labute approximate surface area is 97.8 Å². The summed E-state index contributed by atoms with van der Waals surface area (Å²) in [6.07, 6.45) is 6.93. The van der Waals surface area contributed by atoms with E-state index in [4.69, 9.17) is 0 Å². The maximum absolute atomic E-state index is 2.42. The van der Waals surface area contributed by atoms with Crippen molar-refractivity contribution >= 4 is 0 Å². The minimum atomic E-state index is 0.474. The minimum Gasteiger partial charge on any atom is -0.0628 e. The summed E-state index contributed by atoms with van der Waals surface area (Å²) in [4.78, 5) is 0. The van der Waals surface area contributed by atoms with Gasteiger partial charge in [-0.1, -0.05) is 67.7 Å². The molecular weight excluding hydrogens is 180 g/mol. The van der Waals surface area contributed by atoms with Crippen LogP contribution < -0.4 is 0 Å². The normalized spacial score (nSPS) is 13.6. The van der Waals surface area contributed by atoms with Gasteiger partial charge >= 0.3 is 0 Å². The summed E-state index contributed by atoms with van der Waals surface area (Å²) in [6.45, 7) is 16.5. The lowest BCUT2D eigenvalue weighted by molar-refractivity contribution is 0.193. The Bertz CT molecular complexity index is 157. The fourth-order valence-electron chi connectivity index (χ4n) is 2.68. The number of hydrogen-bond donors (Lipinski definition) is 0. The average molecular weight is 212 g/mol. The lowest BCUT2D eigenvalue weighted by atomic mass is 9.73. The number of rotatable bonds is 6. The number of unbranched alkanes of at least 4 members (excludes halogenated alkanes) is 1. The second-order valence-corrected chi connectivity index (χ2v) is 7.54. The quantitative estimate of drug-likeness (QED) is 0.498. The molecule has 92 valence electrons. The Hall–Kier alpha value is 0. The highest BCUT2D eigenvalue weighted by atomic mass is 14.3. The van der Waals surface area contributed by atoms with Crippen LogP contribution >= 0.6 is 0 Å². The van der Waals surface area contributed by atoms with E-state index in [0.29, 0.717) is 10.8 Å². The molecule has 0 spiro atoms. The molecule has 0 rings (SSSR count). The predicted molar refractivity (Wildman–Crippen MR) is 71.2 cm³/mol. The zero-order valence-electron chi connectivity index (χ0n) is 12.1. The topological polar surface area (TPSA) is 0 Å². The fourth-order valence-corrected chi connectivity index (χ4v) is 2.68. The van der Waals surface area contributed by atoms with Crippen molar-refractivity contribution in [3.63, 3.8) is 0 Å². The molecule has 0 aromatic heterocycles. The van der Waals surface area contributed by atoms with Crippen molar-refractivity contribution in [2.75, 3.05) is 0 Å². The molecule has 0 radical (unpaired) electrons. The van der Waals surface area contributed by atoms with E-state index in [0.717, 1.165) is 5.92 Å². The molecule has 0 aromatic carbocycles. The van der Waals surface area contributed by atoms with E-state index in [1.54, 1.807) is 0 Å². The van der Waals surface area contributed by atoms with Crippen molar-refractivity contribution in [2.45, 2.75) is 80.6 Å². The van der Waals surface area contributed by atoms with E-state index in [2.05, 4.69) is 48.5 Å². The summed E-state index contributed by atoms with van der Waals surface area (Å²) in [5.41, 5.74) is 0.997. The average Bonchev–Trinajstić information content (AvgIpc) is 1.93. The maximum Gasteiger partial charge on any atom is -0.0349 e. The van der Waals surface area contributed by atoms with Crippen molar-refractivity contribution in [2.24, 2.45) is 16.7 Å². The van der Waals surface area contributed by atoms with Crippen LogP contribution in [0, 0.1) is 16.7 Å². The third-order valence-electron chi connectivity index (χ3n) is 2.89. The van der Waals surface area contributed by atoms with Crippen LogP contribution in [0.2, 0.25) is 0 Å². The predicted octanol–water partition coefficient (Wildman–Crippen LogP) is 5.67. The Balaban J connectivity index is 3.74. The van der Waals surface area contributed by atoms with Gasteiger partial charge in [-0.25, -0.2) is 0 Å². The van der Waals surface area contributed by atoms with E-state index < -0.39 is 0 Å². The van der Waals surface area contributed by atoms with Crippen LogP contribution in [0.15, 0.2) is 0 Å². The van der Waals surface area contributed by atoms with Gasteiger partial charge in [-0.15, -0.1) is 0 Å². The van der Waals surface area contributed by atoms with Crippen LogP contribution in [0.4, 0.5) is 0 Å². The van der Waals surface area contributed by atoms with Crippen molar-refractivity contribution in [3.05, 3.63) is 0 Å². The molecule has 0 aliphatic rings. The van der Waals surface area contributed by atoms with Crippen LogP contribution in [-0.2, 0) is 0 Å². The zero-order valence-corrected chi connectivity index (χ0v) is 12.1. The summed E-state index contributed by atoms with van der Waals surface area (Å²) < 4.78 is 0. The summed E-state index contributed by atoms with van der Waals surface area (Å²) in [6, 6.07) is 0. The first-order chi connectivity index (χ1) is 6.62. The molecule has 0 saturated heterocycles. The molecule has 0 aromatic rings. The van der Waals surface area contributed by atoms with E-state index in [1.807, 2.05) is 0 Å². The molecule has 0 amide bonds. The van der Waals surface area contributed by atoms with Crippen LogP contribution in [0.25, 0.3) is 0 Å². The first-order valence-electron chi connectivity index (χ1n) is 6.62. The van der Waals surface area contributed by atoms with Gasteiger partial charge in [0.15, 0.2) is 0 Å². The van der Waals surface area contributed by atoms with Gasteiger partial charge in [0.2, 0.25) is 0 Å². The highest BCUT2D eigenvalue weighted by Crippen LogP contribution is 2.37. The van der Waals surface area contributed by atoms with Crippen molar-refractivity contribution in [1.29, 1.82) is 0 Å². The van der Waals surface area contributed by atoms with Crippen LogP contribution in [0.3, 0.4) is 0 Å². The van der Waals surface area contributed by atoms with Gasteiger partial charge in [-0.3, -0.25) is 0 Å². The van der Waals surface area contributed by atoms with Crippen molar-refractivity contribution < 1.29 is 0 Å². The molecule has 0 heteroatoms. The van der Waals surface area contributed by atoms with E-state index in [1.165, 1.54) is 32.1 Å². The molecular formula is C15H32. The van der Waals surface area contributed by atoms with Gasteiger partial charge in [0, 0.05) is 0 Å². The first kappa shape index (κ1) is 15.0. The van der Waals surface area contributed by atoms with Crippen molar-refractivity contribution in [3.8, 4) is 0 Å². The van der Waals surface area contributed by atoms with Crippen molar-refractivity contribution in [1.82, 2.24) is 0 Å². The summed E-state index contributed by atoms with van der Waals surface area (Å²) in [5, 5.41) is 0. The third kappa shape index (κ3) is 10.3. The molecule has 15 heavy (non-hydrogen) atoms. The van der Waals surface area contributed by atoms with Crippen LogP contribution in [-0.4, -0.2) is 0 Å². The largest absolute Gasteiger partial charge is 0.0628 e. The lowest BCUT2D eigenvalue weighted by Crippen LogP contribution is -2.20. The summed E-state index contributed by atoms with van der Waals surface area (Å²) in [5.74, 6) is 0.871. The third-order valence-corrected chi connectivity index (χ3v) is 2.89. The Morgan fingerprint density at radius 2 is 1.40 bits per heavy atom. The molecule has 0 aliphatic carbocycles. The Morgan fingerprint density at radius 3 is 1.80 bits per heavy atom. The van der Waals surface area contributed by atoms with Gasteiger partial charge < -0.3 is 0 Å². The standard InChI is InChI=1S/C15H32/c1-13(2)10-8-9-11-15(6,7)12-14(3,4)5/h13H,8-12H2,1-7H3. The van der Waals surface area contributed by atoms with Crippen LogP contribution in [0.1, 0.15) is 80.6 Å². The smallest absolute Gasteiger partial charge is 0.0349 e. The van der Waals surface area contributed by atoms with E-state index in [9.17, 15) is 0 Å². The van der Waals surface area contributed by atoms with Crippen LogP contribution in [0.5, 0.6) is 0 Å². The van der Waals surface area contributed by atoms with Gasteiger partial charge in [0.05, 0.1) is 0 Å². The molecule has 0 bridgehead atoms. The van der Waals surface area contributed by atoms with Gasteiger partial charge in [0.25, 0.3) is 0 Å². The minimum absolute atomic E-state index is 0.474. The Morgan fingerprint density at radius 1 is 0.867 bits per heavy atom. The molecule has 0 nitrogen and oxygen atoms in total. The first-order valence-corrected chi connectivity index (χ1v) is 6.62. The second kappa shape index (κ2) is 5.92. The summed E-state index contributed by atoms with van der Waals surface area (Å²) in [7, 11) is 0. The molecule has 0 saturated carbocycles. The monoisotopic (exact) mass is 212 g/mol.